The maximum Gasteiger partial charge on any atom is 0.340 e. The van der Waals surface area contributed by atoms with Gasteiger partial charge in [-0.15, -0.1) is 0 Å². The van der Waals surface area contributed by atoms with Crippen molar-refractivity contribution < 1.29 is 9.53 Å². The average Bonchev–Trinajstić information content (AvgIpc) is 2.60. The fourth-order valence-electron chi connectivity index (χ4n) is 1.27. The lowest BCUT2D eigenvalue weighted by molar-refractivity contribution is 0.0602. The summed E-state index contributed by atoms with van der Waals surface area (Å²) in [5, 5.41) is 0.842. The Morgan fingerprint density at radius 3 is 3.00 bits per heavy atom. The van der Waals surface area contributed by atoms with Crippen LogP contribution in [0.25, 0.3) is 10.9 Å². The quantitative estimate of drug-likeness (QED) is 0.669. The fraction of sp³-hybridized carbons (Fsp3) is 0.100. The number of fused-ring (bicyclic) bond motifs is 1. The number of benzene rings is 1. The number of ether oxygens (including phenoxy) is 1. The van der Waals surface area contributed by atoms with Crippen LogP contribution in [0, 0.1) is 6.20 Å². The van der Waals surface area contributed by atoms with Gasteiger partial charge in [-0.3, -0.25) is 0 Å². The van der Waals surface area contributed by atoms with E-state index in [2.05, 4.69) is 15.9 Å². The highest BCUT2D eigenvalue weighted by Crippen LogP contribution is 2.17. The van der Waals surface area contributed by atoms with Crippen molar-refractivity contribution >= 4 is 16.9 Å². The minimum absolute atomic E-state index is 0.363. The maximum atomic E-state index is 11.2. The van der Waals surface area contributed by atoms with Crippen molar-refractivity contribution in [2.75, 3.05) is 7.11 Å². The number of carbonyl (C=O) groups is 1. The molecule has 0 bridgehead atoms. The summed E-state index contributed by atoms with van der Waals surface area (Å²) in [5.41, 5.74) is 1.35. The summed E-state index contributed by atoms with van der Waals surface area (Å²) in [6.45, 7) is 0. The van der Waals surface area contributed by atoms with Crippen molar-refractivity contribution in [3.63, 3.8) is 0 Å². The average molecular weight is 174 g/mol. The molecule has 0 amide bonds. The van der Waals surface area contributed by atoms with Crippen LogP contribution in [0.5, 0.6) is 0 Å². The molecular formula is C10H8NO2. The van der Waals surface area contributed by atoms with E-state index in [0.717, 1.165) is 10.9 Å². The van der Waals surface area contributed by atoms with Crippen molar-refractivity contribution in [3.8, 4) is 0 Å². The highest BCUT2D eigenvalue weighted by atomic mass is 16.5. The van der Waals surface area contributed by atoms with Crippen LogP contribution in [-0.4, -0.2) is 18.1 Å². The summed E-state index contributed by atoms with van der Waals surface area (Å²) in [7, 11) is 1.36. The molecule has 1 heterocycles. The zero-order valence-corrected chi connectivity index (χ0v) is 7.13. The van der Waals surface area contributed by atoms with Crippen LogP contribution in [0.4, 0.5) is 0 Å². The van der Waals surface area contributed by atoms with Gasteiger partial charge in [0.2, 0.25) is 0 Å². The number of rotatable bonds is 1. The Balaban J connectivity index is 2.64. The van der Waals surface area contributed by atoms with E-state index >= 15 is 0 Å². The summed E-state index contributed by atoms with van der Waals surface area (Å²) in [6, 6.07) is 7.51. The van der Waals surface area contributed by atoms with E-state index in [9.17, 15) is 4.79 Å². The van der Waals surface area contributed by atoms with E-state index in [0.29, 0.717) is 5.56 Å². The van der Waals surface area contributed by atoms with E-state index in [4.69, 9.17) is 0 Å². The molecule has 13 heavy (non-hydrogen) atoms. The van der Waals surface area contributed by atoms with Crippen LogP contribution in [0.1, 0.15) is 10.4 Å². The largest absolute Gasteiger partial charge is 0.465 e. The second-order valence-corrected chi connectivity index (χ2v) is 2.66. The number of hydrogen-bond donors (Lipinski definition) is 1. The minimum atomic E-state index is -0.363. The Labute approximate surface area is 75.3 Å². The molecule has 2 rings (SSSR count). The Morgan fingerprint density at radius 2 is 2.23 bits per heavy atom. The first-order valence-electron chi connectivity index (χ1n) is 3.89. The summed E-state index contributed by atoms with van der Waals surface area (Å²) < 4.78 is 4.61. The molecule has 2 aromatic rings. The molecule has 1 N–H and O–H groups in total. The van der Waals surface area contributed by atoms with E-state index in [1.54, 1.807) is 0 Å². The van der Waals surface area contributed by atoms with Gasteiger partial charge in [0.1, 0.15) is 0 Å². The first-order chi connectivity index (χ1) is 6.33. The van der Waals surface area contributed by atoms with E-state index in [-0.39, 0.29) is 5.97 Å². The lowest BCUT2D eigenvalue weighted by atomic mass is 10.2. The predicted octanol–water partition coefficient (Wildman–Crippen LogP) is 1.75. The number of aromatic amines is 1. The van der Waals surface area contributed by atoms with Gasteiger partial charge in [0.05, 0.1) is 18.9 Å². The van der Waals surface area contributed by atoms with Gasteiger partial charge in [-0.25, -0.2) is 4.79 Å². The first kappa shape index (κ1) is 7.86. The van der Waals surface area contributed by atoms with Crippen LogP contribution < -0.4 is 0 Å². The molecule has 0 atom stereocenters. The number of esters is 1. The van der Waals surface area contributed by atoms with Crippen molar-refractivity contribution in [3.05, 3.63) is 36.0 Å². The molecule has 1 radical (unpaired) electrons. The molecule has 1 aromatic heterocycles. The lowest BCUT2D eigenvalue weighted by Gasteiger charge is -1.94. The number of hydrogen-bond acceptors (Lipinski definition) is 2. The smallest absolute Gasteiger partial charge is 0.340 e. The molecular weight excluding hydrogens is 166 g/mol. The predicted molar refractivity (Wildman–Crippen MR) is 48.5 cm³/mol. The van der Waals surface area contributed by atoms with Gasteiger partial charge < -0.3 is 9.72 Å². The molecule has 0 unspecified atom stereocenters. The van der Waals surface area contributed by atoms with Gasteiger partial charge in [0.25, 0.3) is 0 Å². The van der Waals surface area contributed by atoms with Gasteiger partial charge in [-0.2, -0.15) is 0 Å². The van der Waals surface area contributed by atoms with Crippen LogP contribution >= 0.6 is 0 Å². The van der Waals surface area contributed by atoms with Crippen LogP contribution in [0.2, 0.25) is 0 Å². The zero-order valence-electron chi connectivity index (χ0n) is 7.13. The number of methoxy groups -OCH3 is 1. The summed E-state index contributed by atoms with van der Waals surface area (Å²) >= 11 is 0. The Kier molecular flexibility index (Phi) is 1.77. The Bertz CT molecular complexity index is 445. The van der Waals surface area contributed by atoms with Crippen molar-refractivity contribution in [1.29, 1.82) is 0 Å². The van der Waals surface area contributed by atoms with Crippen LogP contribution in [0.15, 0.2) is 24.3 Å². The third-order valence-electron chi connectivity index (χ3n) is 1.91. The summed E-state index contributed by atoms with van der Waals surface area (Å²) in [5.74, 6) is -0.363. The van der Waals surface area contributed by atoms with Crippen molar-refractivity contribution in [2.45, 2.75) is 0 Å². The third-order valence-corrected chi connectivity index (χ3v) is 1.91. The highest BCUT2D eigenvalue weighted by molar-refractivity contribution is 6.03. The van der Waals surface area contributed by atoms with Crippen molar-refractivity contribution in [2.24, 2.45) is 0 Å². The maximum absolute atomic E-state index is 11.2. The molecule has 3 heteroatoms. The standard InChI is InChI=1S/C10H8NO2/c1-13-10(12)8-6-11-9-5-3-2-4-7(8)9/h2-5,11H,1H3. The molecule has 0 spiro atoms. The number of carbonyl (C=O) groups excluding carboxylic acids is 1. The molecule has 0 fully saturated rings. The Hall–Kier alpha value is -1.77. The molecule has 0 saturated heterocycles. The van der Waals surface area contributed by atoms with Gasteiger partial charge in [-0.1, -0.05) is 18.2 Å². The molecule has 0 aliphatic heterocycles. The molecule has 0 aliphatic rings. The second-order valence-electron chi connectivity index (χ2n) is 2.66. The van der Waals surface area contributed by atoms with E-state index in [1.807, 2.05) is 24.3 Å². The van der Waals surface area contributed by atoms with Crippen LogP contribution in [-0.2, 0) is 4.74 Å². The Morgan fingerprint density at radius 1 is 1.46 bits per heavy atom. The van der Waals surface area contributed by atoms with Crippen LogP contribution in [0.3, 0.4) is 0 Å². The number of H-pyrrole nitrogens is 1. The summed E-state index contributed by atoms with van der Waals surface area (Å²) in [6.07, 6.45) is 2.76. The molecule has 65 valence electrons. The molecule has 0 saturated carbocycles. The second kappa shape index (κ2) is 2.94. The SMILES string of the molecule is COC(=O)c1[c][nH]c2ccccc12. The topological polar surface area (TPSA) is 42.1 Å². The van der Waals surface area contributed by atoms with Crippen molar-refractivity contribution in [1.82, 2.24) is 4.98 Å². The monoisotopic (exact) mass is 174 g/mol. The molecule has 3 nitrogen and oxygen atoms in total. The molecule has 0 aliphatic carbocycles. The first-order valence-corrected chi connectivity index (χ1v) is 3.89. The van der Waals surface area contributed by atoms with E-state index < -0.39 is 0 Å². The van der Waals surface area contributed by atoms with Gasteiger partial charge in [0, 0.05) is 10.9 Å². The zero-order chi connectivity index (χ0) is 9.26. The van der Waals surface area contributed by atoms with Gasteiger partial charge in [-0.05, 0) is 6.07 Å². The number of nitrogens with one attached hydrogen (secondary N) is 1. The fourth-order valence-corrected chi connectivity index (χ4v) is 1.27. The third kappa shape index (κ3) is 1.18. The summed E-state index contributed by atoms with van der Waals surface area (Å²) in [4.78, 5) is 14.1. The van der Waals surface area contributed by atoms with E-state index in [1.165, 1.54) is 7.11 Å². The number of para-hydroxylation sites is 1. The minimum Gasteiger partial charge on any atom is -0.465 e. The highest BCUT2D eigenvalue weighted by Gasteiger charge is 2.11. The lowest BCUT2D eigenvalue weighted by Crippen LogP contribution is -1.99. The van der Waals surface area contributed by atoms with Gasteiger partial charge >= 0.3 is 5.97 Å². The molecule has 1 aromatic carbocycles. The van der Waals surface area contributed by atoms with Gasteiger partial charge in [0.15, 0.2) is 0 Å². The normalized spacial score (nSPS) is 10.2. The number of aromatic nitrogens is 1.